The molecule has 12 heteroatoms. The number of hydrogen-bond donors (Lipinski definition) is 0. The summed E-state index contributed by atoms with van der Waals surface area (Å²) in [6.45, 7) is 7.86. The Bertz CT molecular complexity index is 1000. The summed E-state index contributed by atoms with van der Waals surface area (Å²) in [6, 6.07) is 1.87. The van der Waals surface area contributed by atoms with E-state index >= 15 is 0 Å². The predicted molar refractivity (Wildman–Crippen MR) is 99.9 cm³/mol. The van der Waals surface area contributed by atoms with Crippen LogP contribution < -0.4 is 0 Å². The Hall–Kier alpha value is -3.02. The lowest BCUT2D eigenvalue weighted by Gasteiger charge is -2.04. The zero-order chi connectivity index (χ0) is 19.6. The van der Waals surface area contributed by atoms with E-state index in [1.165, 1.54) is 11.8 Å². The monoisotopic (exact) mass is 389 g/mol. The molecule has 3 rings (SSSR count). The molecule has 0 fully saturated rings. The zero-order valence-electron chi connectivity index (χ0n) is 15.4. The summed E-state index contributed by atoms with van der Waals surface area (Å²) < 4.78 is 5.03. The lowest BCUT2D eigenvalue weighted by Crippen LogP contribution is -2.04. The SMILES string of the molecule is CCn1nccc1/C=N/n1c(C)nnc1SCn1nc(C)c([N+](=O)[O-])c1C. The lowest BCUT2D eigenvalue weighted by molar-refractivity contribution is -0.386. The Kier molecular flexibility index (Phi) is 5.35. The average molecular weight is 389 g/mol. The Balaban J connectivity index is 1.80. The van der Waals surface area contributed by atoms with Gasteiger partial charge in [0.1, 0.15) is 11.4 Å². The molecule has 0 amide bonds. The largest absolute Gasteiger partial charge is 0.312 e. The molecule has 142 valence electrons. The highest BCUT2D eigenvalue weighted by Crippen LogP contribution is 2.25. The Morgan fingerprint density at radius 3 is 2.74 bits per heavy atom. The Labute approximate surface area is 159 Å². The van der Waals surface area contributed by atoms with Crippen LogP contribution in [-0.2, 0) is 12.4 Å². The van der Waals surface area contributed by atoms with Crippen LogP contribution in [0.2, 0.25) is 0 Å². The maximum Gasteiger partial charge on any atom is 0.312 e. The second-order valence-corrected chi connectivity index (χ2v) is 6.62. The summed E-state index contributed by atoms with van der Waals surface area (Å²) >= 11 is 1.35. The van der Waals surface area contributed by atoms with Gasteiger partial charge in [-0.1, -0.05) is 11.8 Å². The van der Waals surface area contributed by atoms with Crippen LogP contribution in [0.25, 0.3) is 0 Å². The van der Waals surface area contributed by atoms with Crippen molar-refractivity contribution in [2.24, 2.45) is 5.10 Å². The van der Waals surface area contributed by atoms with E-state index in [2.05, 4.69) is 25.5 Å². The zero-order valence-corrected chi connectivity index (χ0v) is 16.2. The fourth-order valence-corrected chi connectivity index (χ4v) is 3.48. The molecule has 3 aromatic heterocycles. The van der Waals surface area contributed by atoms with Crippen molar-refractivity contribution in [1.29, 1.82) is 0 Å². The van der Waals surface area contributed by atoms with Crippen LogP contribution >= 0.6 is 11.8 Å². The molecule has 0 atom stereocenters. The van der Waals surface area contributed by atoms with Crippen molar-refractivity contribution in [1.82, 2.24) is 34.4 Å². The molecule has 0 bridgehead atoms. The fourth-order valence-electron chi connectivity index (χ4n) is 2.59. The number of nitro groups is 1. The summed E-state index contributed by atoms with van der Waals surface area (Å²) in [4.78, 5) is 10.7. The van der Waals surface area contributed by atoms with Gasteiger partial charge in [0.2, 0.25) is 5.16 Å². The van der Waals surface area contributed by atoms with E-state index in [-0.39, 0.29) is 5.69 Å². The van der Waals surface area contributed by atoms with Crippen molar-refractivity contribution in [2.75, 3.05) is 0 Å². The quantitative estimate of drug-likeness (QED) is 0.263. The molecule has 0 saturated heterocycles. The molecule has 3 heterocycles. The van der Waals surface area contributed by atoms with E-state index in [0.29, 0.717) is 28.2 Å². The molecular weight excluding hydrogens is 370 g/mol. The van der Waals surface area contributed by atoms with Gasteiger partial charge >= 0.3 is 5.69 Å². The molecule has 0 aliphatic heterocycles. The van der Waals surface area contributed by atoms with Crippen molar-refractivity contribution in [3.05, 3.63) is 45.3 Å². The normalized spacial score (nSPS) is 11.6. The molecule has 3 aromatic rings. The minimum absolute atomic E-state index is 0.0408. The minimum Gasteiger partial charge on any atom is -0.264 e. The molecule has 27 heavy (non-hydrogen) atoms. The molecule has 0 aromatic carbocycles. The molecule has 0 aliphatic rings. The molecule has 0 saturated carbocycles. The van der Waals surface area contributed by atoms with Crippen molar-refractivity contribution in [3.63, 3.8) is 0 Å². The first-order valence-electron chi connectivity index (χ1n) is 8.21. The molecule has 0 radical (unpaired) electrons. The standard InChI is InChI=1S/C15H19N9O2S/c1-5-21-13(6-7-16-21)8-17-23-12(4)18-19-15(23)27-9-22-11(3)14(24(25)26)10(2)20-22/h6-8H,5,9H2,1-4H3/b17-8+. The lowest BCUT2D eigenvalue weighted by atomic mass is 10.3. The summed E-state index contributed by atoms with van der Waals surface area (Å²) in [6.07, 6.45) is 3.42. The van der Waals surface area contributed by atoms with Gasteiger partial charge in [0.15, 0.2) is 5.82 Å². The third-order valence-corrected chi connectivity index (χ3v) is 4.85. The minimum atomic E-state index is -0.410. The van der Waals surface area contributed by atoms with E-state index in [0.717, 1.165) is 12.2 Å². The summed E-state index contributed by atoms with van der Waals surface area (Å²) in [5.41, 5.74) is 1.81. The van der Waals surface area contributed by atoms with Crippen molar-refractivity contribution in [3.8, 4) is 0 Å². The third-order valence-electron chi connectivity index (χ3n) is 3.96. The van der Waals surface area contributed by atoms with Crippen LogP contribution in [0.3, 0.4) is 0 Å². The number of aromatic nitrogens is 7. The van der Waals surface area contributed by atoms with Crippen molar-refractivity contribution >= 4 is 23.7 Å². The van der Waals surface area contributed by atoms with Gasteiger partial charge in [-0.2, -0.15) is 20.0 Å². The number of hydrogen-bond acceptors (Lipinski definition) is 8. The van der Waals surface area contributed by atoms with Crippen LogP contribution in [0.1, 0.15) is 29.8 Å². The van der Waals surface area contributed by atoms with Crippen LogP contribution in [0.5, 0.6) is 0 Å². The van der Waals surface area contributed by atoms with Crippen LogP contribution in [0.15, 0.2) is 22.5 Å². The highest BCUT2D eigenvalue weighted by molar-refractivity contribution is 7.98. The second-order valence-electron chi connectivity index (χ2n) is 5.71. The van der Waals surface area contributed by atoms with E-state index in [1.54, 1.807) is 42.5 Å². The van der Waals surface area contributed by atoms with Gasteiger partial charge in [-0.25, -0.2) is 0 Å². The first kappa shape index (κ1) is 18.8. The maximum atomic E-state index is 11.1. The van der Waals surface area contributed by atoms with Crippen molar-refractivity contribution < 1.29 is 4.92 Å². The Morgan fingerprint density at radius 2 is 2.07 bits per heavy atom. The third kappa shape index (κ3) is 3.74. The van der Waals surface area contributed by atoms with E-state index in [4.69, 9.17) is 0 Å². The van der Waals surface area contributed by atoms with Gasteiger partial charge < -0.3 is 0 Å². The van der Waals surface area contributed by atoms with E-state index in [1.807, 2.05) is 17.7 Å². The van der Waals surface area contributed by atoms with Crippen LogP contribution in [0.4, 0.5) is 5.69 Å². The summed E-state index contributed by atoms with van der Waals surface area (Å²) in [5, 5.41) is 32.8. The van der Waals surface area contributed by atoms with Crippen LogP contribution in [0, 0.1) is 30.9 Å². The molecule has 0 spiro atoms. The number of rotatable bonds is 7. The van der Waals surface area contributed by atoms with Crippen molar-refractivity contribution in [2.45, 2.75) is 45.3 Å². The molecule has 11 nitrogen and oxygen atoms in total. The smallest absolute Gasteiger partial charge is 0.264 e. The average Bonchev–Trinajstić information content (AvgIpc) is 3.29. The number of nitrogens with zero attached hydrogens (tertiary/aromatic N) is 9. The summed E-state index contributed by atoms with van der Waals surface area (Å²) in [5.74, 6) is 0.997. The van der Waals surface area contributed by atoms with Crippen LogP contribution in [-0.4, -0.2) is 45.6 Å². The predicted octanol–water partition coefficient (Wildman–Crippen LogP) is 2.16. The second kappa shape index (κ2) is 7.70. The molecule has 0 aliphatic carbocycles. The van der Waals surface area contributed by atoms with Gasteiger partial charge in [-0.15, -0.1) is 10.2 Å². The van der Waals surface area contributed by atoms with Gasteiger partial charge in [0.25, 0.3) is 0 Å². The van der Waals surface area contributed by atoms with E-state index in [9.17, 15) is 10.1 Å². The number of thioether (sulfide) groups is 1. The first-order chi connectivity index (χ1) is 12.9. The van der Waals surface area contributed by atoms with Gasteiger partial charge in [0.05, 0.1) is 22.7 Å². The molecule has 0 N–H and O–H groups in total. The molecule has 0 unspecified atom stereocenters. The maximum absolute atomic E-state index is 11.1. The number of aryl methyl sites for hydroxylation is 3. The fraction of sp³-hybridized carbons (Fsp3) is 0.400. The highest BCUT2D eigenvalue weighted by Gasteiger charge is 2.22. The summed E-state index contributed by atoms with van der Waals surface area (Å²) in [7, 11) is 0. The van der Waals surface area contributed by atoms with Gasteiger partial charge in [-0.05, 0) is 33.8 Å². The topological polar surface area (TPSA) is 122 Å². The van der Waals surface area contributed by atoms with Gasteiger partial charge in [0, 0.05) is 12.7 Å². The van der Waals surface area contributed by atoms with E-state index < -0.39 is 4.92 Å². The molecular formula is C15H19N9O2S. The first-order valence-corrected chi connectivity index (χ1v) is 9.20. The Morgan fingerprint density at radius 1 is 1.30 bits per heavy atom. The highest BCUT2D eigenvalue weighted by atomic mass is 32.2. The van der Waals surface area contributed by atoms with Gasteiger partial charge in [-0.3, -0.25) is 19.5 Å².